The predicted octanol–water partition coefficient (Wildman–Crippen LogP) is 17.7. The zero-order valence-electron chi connectivity index (χ0n) is 42.9. The van der Waals surface area contributed by atoms with Crippen molar-refractivity contribution in [1.29, 1.82) is 0 Å². The summed E-state index contributed by atoms with van der Waals surface area (Å²) in [6.07, 6.45) is 3.23. The van der Waals surface area contributed by atoms with Gasteiger partial charge in [0.15, 0.2) is 0 Å². The zero-order valence-corrected chi connectivity index (χ0v) is 48.2. The fourth-order valence-corrected chi connectivity index (χ4v) is 14.4. The maximum absolute atomic E-state index is 5.34. The van der Waals surface area contributed by atoms with E-state index in [2.05, 4.69) is 242 Å². The van der Waals surface area contributed by atoms with E-state index in [1.165, 1.54) is 80.3 Å². The van der Waals surface area contributed by atoms with Gasteiger partial charge < -0.3 is 4.57 Å². The van der Waals surface area contributed by atoms with Crippen molar-refractivity contribution in [1.82, 2.24) is 14.5 Å². The Morgan fingerprint density at radius 2 is 1.24 bits per heavy atom. The van der Waals surface area contributed by atoms with Crippen LogP contribution in [0.2, 0.25) is 17.3 Å². The number of benzene rings is 7. The van der Waals surface area contributed by atoms with E-state index in [1.807, 2.05) is 17.4 Å². The molecule has 0 saturated heterocycles. The van der Waals surface area contributed by atoms with Crippen molar-refractivity contribution in [2.45, 2.75) is 97.8 Å². The van der Waals surface area contributed by atoms with E-state index in [4.69, 9.17) is 9.97 Å². The van der Waals surface area contributed by atoms with Crippen LogP contribution in [0.25, 0.3) is 81.8 Å². The minimum atomic E-state index is -1.97. The second kappa shape index (κ2) is 20.7. The first-order valence-electron chi connectivity index (χ1n) is 24.6. The SMILES string of the molecule is CC(C)(C)Cc1cc(-c2[c-]ccc(-c3ccccc3)c2)nc[c]1[Ge]([CH3])([CH3])[CH3].Cc1ccc(C)c2c1sc1c(-c3nc4ccccc4n3-c3c(C(C)C)cc(-c4ccccc4)cc3C(C)C)[c-]ccc12.[Ir]. The number of aryl methyl sites for hydroxylation is 2. The Labute approximate surface area is 437 Å². The third-order valence-electron chi connectivity index (χ3n) is 13.2. The summed E-state index contributed by atoms with van der Waals surface area (Å²) in [7, 11) is 0. The Morgan fingerprint density at radius 1 is 0.643 bits per heavy atom. The molecule has 0 aliphatic carbocycles. The number of hydrogen-bond acceptors (Lipinski definition) is 3. The topological polar surface area (TPSA) is 30.7 Å². The number of imidazole rings is 1. The van der Waals surface area contributed by atoms with E-state index in [0.29, 0.717) is 11.8 Å². The van der Waals surface area contributed by atoms with Gasteiger partial charge in [0.05, 0.1) is 16.9 Å². The quantitative estimate of drug-likeness (QED) is 0.107. The number of hydrogen-bond donors (Lipinski definition) is 0. The normalized spacial score (nSPS) is 11.9. The molecule has 10 aromatic rings. The monoisotopic (exact) mass is 1170 g/mol. The summed E-state index contributed by atoms with van der Waals surface area (Å²) in [6.45, 7) is 20.6. The summed E-state index contributed by atoms with van der Waals surface area (Å²) in [4.78, 5) is 10.2. The summed E-state index contributed by atoms with van der Waals surface area (Å²) in [5.41, 5.74) is 18.5. The van der Waals surface area contributed by atoms with E-state index in [0.717, 1.165) is 40.1 Å². The molecule has 6 heteroatoms. The third kappa shape index (κ3) is 10.5. The van der Waals surface area contributed by atoms with Gasteiger partial charge in [-0.2, -0.15) is 11.3 Å². The van der Waals surface area contributed by atoms with Gasteiger partial charge in [-0.25, -0.2) is 0 Å². The van der Waals surface area contributed by atoms with E-state index in [1.54, 1.807) is 0 Å². The molecule has 0 aliphatic rings. The Morgan fingerprint density at radius 3 is 1.87 bits per heavy atom. The zero-order chi connectivity index (χ0) is 48.8. The minimum Gasteiger partial charge on any atom is -0.333 e. The standard InChI is InChI=1S/C39H35N2S.C25H30GeN.Ir/c1-23(2)31-21-28(27-13-8-7-9-14-27)22-32(24(3)4)36(31)41-34-18-11-10-17-33(34)40-39(41)30-16-12-15-29-35-25(5)19-20-26(6)37(35)42-38(29)30;1-25(2,3)17-22-16-24(27-18-23(22)26(4,5)6)21-14-10-13-20(15-21)19-11-8-7-9-12-19;/h7-15,17-24H,1-6H3;7-13,15-16,18H,17H2,1-6H3;/q2*-1;. The predicted molar refractivity (Wildman–Crippen MR) is 301 cm³/mol. The number of thiophene rings is 1. The second-order valence-electron chi connectivity index (χ2n) is 21.6. The van der Waals surface area contributed by atoms with Crippen molar-refractivity contribution in [2.75, 3.05) is 0 Å². The molecule has 0 amide bonds. The number of pyridine rings is 1. The summed E-state index contributed by atoms with van der Waals surface area (Å²) in [5.74, 6) is 8.95. The summed E-state index contributed by atoms with van der Waals surface area (Å²) < 4.78 is 6.56. The average molecular weight is 1170 g/mol. The van der Waals surface area contributed by atoms with Gasteiger partial charge in [0.25, 0.3) is 0 Å². The molecule has 3 aromatic heterocycles. The van der Waals surface area contributed by atoms with Gasteiger partial charge in [0.2, 0.25) is 0 Å². The van der Waals surface area contributed by atoms with E-state index < -0.39 is 13.3 Å². The number of rotatable bonds is 9. The van der Waals surface area contributed by atoms with Gasteiger partial charge in [0.1, 0.15) is 0 Å². The Kier molecular flexibility index (Phi) is 15.1. The van der Waals surface area contributed by atoms with Gasteiger partial charge >= 0.3 is 167 Å². The van der Waals surface area contributed by atoms with Crippen LogP contribution in [0.5, 0.6) is 0 Å². The fraction of sp³-hybridized carbons (Fsp3) is 0.250. The molecule has 3 heterocycles. The van der Waals surface area contributed by atoms with Crippen LogP contribution in [-0.2, 0) is 26.5 Å². The molecule has 0 aliphatic heterocycles. The molecule has 0 bridgehead atoms. The molecule has 0 spiro atoms. The van der Waals surface area contributed by atoms with Crippen LogP contribution in [-0.4, -0.2) is 27.8 Å². The second-order valence-corrected chi connectivity index (χ2v) is 33.2. The van der Waals surface area contributed by atoms with Gasteiger partial charge in [-0.15, -0.1) is 18.2 Å². The molecular weight excluding hydrogens is 1110 g/mol. The first-order chi connectivity index (χ1) is 33.0. The Bertz CT molecular complexity index is 3430. The van der Waals surface area contributed by atoms with Crippen LogP contribution < -0.4 is 4.40 Å². The minimum absolute atomic E-state index is 0. The van der Waals surface area contributed by atoms with Crippen molar-refractivity contribution in [3.63, 3.8) is 0 Å². The molecule has 357 valence electrons. The van der Waals surface area contributed by atoms with Gasteiger partial charge in [0, 0.05) is 30.5 Å². The smallest absolute Gasteiger partial charge is 0.0774 e. The molecule has 0 saturated carbocycles. The van der Waals surface area contributed by atoms with Gasteiger partial charge in [-0.3, -0.25) is 4.98 Å². The summed E-state index contributed by atoms with van der Waals surface area (Å²) in [6, 6.07) is 59.1. The first-order valence-corrected chi connectivity index (χ1v) is 32.7. The molecule has 0 atom stereocenters. The van der Waals surface area contributed by atoms with Crippen molar-refractivity contribution in [3.8, 4) is 50.6 Å². The summed E-state index contributed by atoms with van der Waals surface area (Å²) in [5, 5.41) is 2.64. The molecule has 1 radical (unpaired) electrons. The molecular formula is C64H65GeIrN3S-2. The summed E-state index contributed by atoms with van der Waals surface area (Å²) >= 11 is -0.0969. The molecule has 3 nitrogen and oxygen atoms in total. The number of para-hydroxylation sites is 2. The van der Waals surface area contributed by atoms with Crippen molar-refractivity contribution < 1.29 is 20.1 Å². The fourth-order valence-electron chi connectivity index (χ4n) is 9.80. The van der Waals surface area contributed by atoms with Crippen LogP contribution >= 0.6 is 11.3 Å². The van der Waals surface area contributed by atoms with Crippen LogP contribution in [0.3, 0.4) is 0 Å². The third-order valence-corrected chi connectivity index (χ3v) is 18.9. The molecule has 7 aromatic carbocycles. The molecule has 0 unspecified atom stereocenters. The first kappa shape index (κ1) is 50.9. The average Bonchev–Trinajstić information content (AvgIpc) is 3.93. The molecule has 0 N–H and O–H groups in total. The van der Waals surface area contributed by atoms with Crippen LogP contribution in [0.15, 0.2) is 152 Å². The number of aromatic nitrogens is 3. The maximum atomic E-state index is 5.34. The maximum Gasteiger partial charge on any atom is 0.0774 e. The molecule has 70 heavy (non-hydrogen) atoms. The number of fused-ring (bicyclic) bond motifs is 4. The van der Waals surface area contributed by atoms with Crippen LogP contribution in [0.1, 0.15) is 88.1 Å². The van der Waals surface area contributed by atoms with Gasteiger partial charge in [-0.1, -0.05) is 93.2 Å². The van der Waals surface area contributed by atoms with E-state index >= 15 is 0 Å². The molecule has 10 rings (SSSR count). The van der Waals surface area contributed by atoms with E-state index in [-0.39, 0.29) is 25.5 Å². The number of nitrogens with zero attached hydrogens (tertiary/aromatic N) is 3. The van der Waals surface area contributed by atoms with Crippen molar-refractivity contribution in [3.05, 3.63) is 192 Å². The Balaban J connectivity index is 0.000000204. The van der Waals surface area contributed by atoms with Crippen molar-refractivity contribution in [2.24, 2.45) is 5.41 Å². The Hall–Kier alpha value is -5.43. The van der Waals surface area contributed by atoms with E-state index in [9.17, 15) is 0 Å². The largest absolute Gasteiger partial charge is 0.333 e. The molecule has 0 fully saturated rings. The van der Waals surface area contributed by atoms with Crippen LogP contribution in [0, 0.1) is 31.4 Å². The van der Waals surface area contributed by atoms with Gasteiger partial charge in [-0.05, 0) is 93.4 Å². The van der Waals surface area contributed by atoms with Crippen LogP contribution in [0.4, 0.5) is 0 Å². The van der Waals surface area contributed by atoms with Crippen molar-refractivity contribution >= 4 is 60.2 Å².